The molecule has 8 atom stereocenters. The zero-order valence-corrected chi connectivity index (χ0v) is 26.7. The van der Waals surface area contributed by atoms with Crippen LogP contribution in [0.3, 0.4) is 0 Å². The lowest BCUT2D eigenvalue weighted by atomic mass is 10.00. The van der Waals surface area contributed by atoms with E-state index in [1.165, 1.54) is 44.9 Å². The van der Waals surface area contributed by atoms with Gasteiger partial charge in [0.1, 0.15) is 6.10 Å². The topological polar surface area (TPSA) is 105 Å². The van der Waals surface area contributed by atoms with E-state index < -0.39 is 12.2 Å². The van der Waals surface area contributed by atoms with E-state index in [9.17, 15) is 20.1 Å². The van der Waals surface area contributed by atoms with Gasteiger partial charge in [0, 0.05) is 12.0 Å². The van der Waals surface area contributed by atoms with Gasteiger partial charge in [-0.3, -0.25) is 0 Å². The Balaban J connectivity index is 1.16. The molecule has 0 amide bonds. The summed E-state index contributed by atoms with van der Waals surface area (Å²) in [6.07, 6.45) is 23.2. The fourth-order valence-electron chi connectivity index (χ4n) is 6.93. The minimum Gasteiger partial charge on any atom is -0.455 e. The third-order valence-corrected chi connectivity index (χ3v) is 9.53. The molecule has 0 saturated carbocycles. The number of ether oxygens (including phenoxy) is 3. The molecule has 0 bridgehead atoms. The largest absolute Gasteiger partial charge is 0.455 e. The summed E-state index contributed by atoms with van der Waals surface area (Å²) in [6, 6.07) is 0. The molecule has 0 aliphatic carbocycles. The summed E-state index contributed by atoms with van der Waals surface area (Å²) in [5.74, 6) is -0.290. The summed E-state index contributed by atoms with van der Waals surface area (Å²) in [7, 11) is 0. The van der Waals surface area contributed by atoms with Crippen molar-refractivity contribution < 1.29 is 34.3 Å². The second-order valence-corrected chi connectivity index (χ2v) is 13.3. The molecule has 3 aliphatic heterocycles. The van der Waals surface area contributed by atoms with Crippen LogP contribution in [-0.4, -0.2) is 70.1 Å². The smallest absolute Gasteiger partial charge is 0.334 e. The second kappa shape index (κ2) is 20.1. The van der Waals surface area contributed by atoms with Gasteiger partial charge in [-0.05, 0) is 57.9 Å². The quantitative estimate of drug-likeness (QED) is 0.0858. The summed E-state index contributed by atoms with van der Waals surface area (Å²) in [5.41, 5.74) is 0.606. The molecule has 3 aliphatic rings. The van der Waals surface area contributed by atoms with E-state index in [-0.39, 0.29) is 42.6 Å². The van der Waals surface area contributed by atoms with Crippen LogP contribution in [0.25, 0.3) is 0 Å². The maximum Gasteiger partial charge on any atom is 0.334 e. The Labute approximate surface area is 255 Å². The number of esters is 1. The van der Waals surface area contributed by atoms with E-state index in [1.807, 2.05) is 6.92 Å². The monoisotopic (exact) mass is 594 g/mol. The third kappa shape index (κ3) is 12.9. The van der Waals surface area contributed by atoms with Crippen molar-refractivity contribution in [3.63, 3.8) is 0 Å². The molecule has 2 saturated heterocycles. The lowest BCUT2D eigenvalue weighted by Crippen LogP contribution is -2.33. The Bertz CT molecular complexity index is 770. The molecule has 2 fully saturated rings. The van der Waals surface area contributed by atoms with Gasteiger partial charge in [-0.2, -0.15) is 0 Å². The highest BCUT2D eigenvalue weighted by molar-refractivity contribution is 5.90. The van der Waals surface area contributed by atoms with E-state index in [0.29, 0.717) is 18.4 Å². The van der Waals surface area contributed by atoms with Gasteiger partial charge in [-0.1, -0.05) is 96.8 Å². The van der Waals surface area contributed by atoms with Crippen LogP contribution in [0.15, 0.2) is 11.6 Å². The number of hydrogen-bond donors (Lipinski definition) is 3. The molecule has 244 valence electrons. The van der Waals surface area contributed by atoms with E-state index in [2.05, 4.69) is 6.92 Å². The highest BCUT2D eigenvalue weighted by Crippen LogP contribution is 2.34. The first-order chi connectivity index (χ1) is 20.4. The van der Waals surface area contributed by atoms with Crippen molar-refractivity contribution >= 4 is 5.97 Å². The van der Waals surface area contributed by atoms with E-state index in [1.54, 1.807) is 6.08 Å². The Morgan fingerprint density at radius 1 is 0.690 bits per heavy atom. The average Bonchev–Trinajstić information content (AvgIpc) is 3.72. The third-order valence-electron chi connectivity index (χ3n) is 9.53. The average molecular weight is 595 g/mol. The summed E-state index contributed by atoms with van der Waals surface area (Å²) >= 11 is 0. The Morgan fingerprint density at radius 3 is 1.60 bits per heavy atom. The van der Waals surface area contributed by atoms with E-state index in [0.717, 1.165) is 83.5 Å². The lowest BCUT2D eigenvalue weighted by Gasteiger charge is -2.24. The first-order valence-electron chi connectivity index (χ1n) is 17.6. The summed E-state index contributed by atoms with van der Waals surface area (Å²) in [4.78, 5) is 11.7. The molecule has 0 unspecified atom stereocenters. The second-order valence-electron chi connectivity index (χ2n) is 13.3. The van der Waals surface area contributed by atoms with Crippen LogP contribution in [0.5, 0.6) is 0 Å². The molecule has 7 heteroatoms. The molecule has 3 N–H and O–H groups in total. The molecular formula is C35H62O7. The number of aliphatic hydroxyl groups excluding tert-OH is 3. The molecule has 42 heavy (non-hydrogen) atoms. The standard InChI is InChI=1S/C35H62O7/c1-3-4-5-6-7-8-12-15-18-29(37)31-20-22-33(41-31)34-23-21-32(42-34)30(38)19-16-13-10-9-11-14-17-28(36)25-27-24-26(2)40-35(27)39/h24,26,28-34,36-38H,3-23,25H2,1-2H3/t26-,28+,29-,30+,31-,32-,33+,34+/m0/s1. The number of cyclic esters (lactones) is 1. The number of carbonyl (C=O) groups is 1. The van der Waals surface area contributed by atoms with Crippen LogP contribution in [0.1, 0.15) is 155 Å². The Hall–Kier alpha value is -0.990. The molecule has 0 aromatic rings. The van der Waals surface area contributed by atoms with Crippen LogP contribution in [0, 0.1) is 0 Å². The molecule has 0 aromatic heterocycles. The molecule has 7 nitrogen and oxygen atoms in total. The zero-order chi connectivity index (χ0) is 30.2. The highest BCUT2D eigenvalue weighted by Gasteiger charge is 2.40. The molecular weight excluding hydrogens is 532 g/mol. The fraction of sp³-hybridized carbons (Fsp3) is 0.914. The predicted molar refractivity (Wildman–Crippen MR) is 166 cm³/mol. The van der Waals surface area contributed by atoms with Crippen LogP contribution >= 0.6 is 0 Å². The maximum atomic E-state index is 11.7. The summed E-state index contributed by atoms with van der Waals surface area (Å²) < 4.78 is 17.6. The Kier molecular flexibility index (Phi) is 17.0. The fourth-order valence-corrected chi connectivity index (χ4v) is 6.93. The van der Waals surface area contributed by atoms with Gasteiger partial charge in [0.25, 0.3) is 0 Å². The van der Waals surface area contributed by atoms with Crippen molar-refractivity contribution in [3.05, 3.63) is 11.6 Å². The van der Waals surface area contributed by atoms with Gasteiger partial charge in [-0.25, -0.2) is 4.79 Å². The van der Waals surface area contributed by atoms with E-state index >= 15 is 0 Å². The van der Waals surface area contributed by atoms with Crippen LogP contribution in [-0.2, 0) is 19.0 Å². The van der Waals surface area contributed by atoms with Crippen molar-refractivity contribution in [2.24, 2.45) is 0 Å². The molecule has 3 rings (SSSR count). The predicted octanol–water partition coefficient (Wildman–Crippen LogP) is 7.08. The van der Waals surface area contributed by atoms with Crippen LogP contribution in [0.4, 0.5) is 0 Å². The summed E-state index contributed by atoms with van der Waals surface area (Å²) in [5, 5.41) is 31.6. The van der Waals surface area contributed by atoms with Gasteiger partial charge in [0.2, 0.25) is 0 Å². The molecule has 0 spiro atoms. The van der Waals surface area contributed by atoms with Gasteiger partial charge < -0.3 is 29.5 Å². The summed E-state index contributed by atoms with van der Waals surface area (Å²) in [6.45, 7) is 4.08. The highest BCUT2D eigenvalue weighted by atomic mass is 16.6. The van der Waals surface area contributed by atoms with Gasteiger partial charge in [0.15, 0.2) is 0 Å². The minimum absolute atomic E-state index is 0.0410. The Morgan fingerprint density at radius 2 is 1.14 bits per heavy atom. The van der Waals surface area contributed by atoms with Crippen molar-refractivity contribution in [2.45, 2.75) is 204 Å². The van der Waals surface area contributed by atoms with Crippen molar-refractivity contribution in [1.29, 1.82) is 0 Å². The molecule has 3 heterocycles. The number of carbonyl (C=O) groups excluding carboxylic acids is 1. The molecule has 0 radical (unpaired) electrons. The normalized spacial score (nSPS) is 28.2. The molecule has 0 aromatic carbocycles. The van der Waals surface area contributed by atoms with Crippen LogP contribution in [0.2, 0.25) is 0 Å². The number of rotatable bonds is 23. The zero-order valence-electron chi connectivity index (χ0n) is 26.7. The minimum atomic E-state index is -0.482. The SMILES string of the molecule is CCCCCCCCCC[C@H](O)[C@@H]1CC[C@H]([C@H]2CC[C@@H]([C@H](O)CCCCCCCC[C@@H](O)CC3=C[C@H](C)OC3=O)O2)O1. The van der Waals surface area contributed by atoms with Crippen molar-refractivity contribution in [1.82, 2.24) is 0 Å². The van der Waals surface area contributed by atoms with Gasteiger partial charge in [0.05, 0.1) is 42.7 Å². The van der Waals surface area contributed by atoms with Gasteiger partial charge >= 0.3 is 5.97 Å². The van der Waals surface area contributed by atoms with Crippen molar-refractivity contribution in [3.8, 4) is 0 Å². The van der Waals surface area contributed by atoms with E-state index in [4.69, 9.17) is 14.2 Å². The maximum absolute atomic E-state index is 11.7. The first-order valence-corrected chi connectivity index (χ1v) is 17.6. The number of aliphatic hydroxyl groups is 3. The number of unbranched alkanes of at least 4 members (excludes halogenated alkanes) is 12. The first kappa shape index (κ1) is 35.5. The van der Waals surface area contributed by atoms with Crippen molar-refractivity contribution in [2.75, 3.05) is 0 Å². The number of hydrogen-bond acceptors (Lipinski definition) is 7. The van der Waals surface area contributed by atoms with Crippen LogP contribution < -0.4 is 0 Å². The lowest BCUT2D eigenvalue weighted by molar-refractivity contribution is -0.139. The van der Waals surface area contributed by atoms with Gasteiger partial charge in [-0.15, -0.1) is 0 Å².